The Bertz CT molecular complexity index is 755. The number of carbonyl (C=O) groups excluding carboxylic acids is 1. The molecule has 0 aromatic heterocycles. The van der Waals surface area contributed by atoms with Gasteiger partial charge in [-0.05, 0) is 54.8 Å². The molecule has 0 saturated heterocycles. The zero-order valence-corrected chi connectivity index (χ0v) is 17.4. The summed E-state index contributed by atoms with van der Waals surface area (Å²) in [6.45, 7) is 13.6. The predicted octanol–water partition coefficient (Wildman–Crippen LogP) is 6.47. The molecular weight excluding hydrogens is 334 g/mol. The molecule has 3 heteroatoms. The smallest absolute Gasteiger partial charge is 0.170 e. The first-order chi connectivity index (χ1) is 13.1. The molecule has 0 aliphatic heterocycles. The Morgan fingerprint density at radius 2 is 1.74 bits per heavy atom. The molecule has 0 aliphatic rings. The van der Waals surface area contributed by atoms with Crippen molar-refractivity contribution in [1.82, 2.24) is 0 Å². The van der Waals surface area contributed by atoms with Gasteiger partial charge in [0.2, 0.25) is 0 Å². The van der Waals surface area contributed by atoms with Crippen molar-refractivity contribution >= 4 is 5.78 Å². The molecule has 1 atom stereocenters. The van der Waals surface area contributed by atoms with Crippen LogP contribution in [0.3, 0.4) is 0 Å². The van der Waals surface area contributed by atoms with E-state index in [2.05, 4.69) is 12.6 Å². The molecule has 3 nitrogen and oxygen atoms in total. The van der Waals surface area contributed by atoms with E-state index in [0.717, 1.165) is 16.9 Å². The normalized spacial score (nSPS) is 10.1. The second kappa shape index (κ2) is 13.4. The summed E-state index contributed by atoms with van der Waals surface area (Å²) in [6, 6.07) is 14.8. The summed E-state index contributed by atoms with van der Waals surface area (Å²) in [5.41, 5.74) is 2.95. The number of ether oxygens (including phenoxy) is 1. The highest BCUT2D eigenvalue weighted by Gasteiger charge is 2.22. The third-order valence-corrected chi connectivity index (χ3v) is 3.86. The zero-order chi connectivity index (χ0) is 20.8. The van der Waals surface area contributed by atoms with Gasteiger partial charge in [-0.2, -0.15) is 5.26 Å². The van der Waals surface area contributed by atoms with Crippen LogP contribution in [0, 0.1) is 18.3 Å². The fourth-order valence-electron chi connectivity index (χ4n) is 2.59. The van der Waals surface area contributed by atoms with Crippen molar-refractivity contribution in [2.45, 2.75) is 47.0 Å². The van der Waals surface area contributed by atoms with Crippen molar-refractivity contribution in [1.29, 1.82) is 5.26 Å². The number of rotatable bonds is 6. The van der Waals surface area contributed by atoms with Gasteiger partial charge in [0.25, 0.3) is 0 Å². The first-order valence-electron chi connectivity index (χ1n) is 9.40. The fourth-order valence-corrected chi connectivity index (χ4v) is 2.59. The topological polar surface area (TPSA) is 50.1 Å². The molecule has 0 N–H and O–H groups in total. The first kappa shape index (κ1) is 24.1. The molecule has 27 heavy (non-hydrogen) atoms. The van der Waals surface area contributed by atoms with Gasteiger partial charge in [0, 0.05) is 5.56 Å². The maximum Gasteiger partial charge on any atom is 0.170 e. The first-order valence-corrected chi connectivity index (χ1v) is 9.40. The summed E-state index contributed by atoms with van der Waals surface area (Å²) in [7, 11) is 1.61. The molecule has 0 saturated carbocycles. The molecule has 0 spiro atoms. The van der Waals surface area contributed by atoms with E-state index in [0.29, 0.717) is 17.5 Å². The number of ketones is 1. The van der Waals surface area contributed by atoms with Crippen LogP contribution in [0.2, 0.25) is 0 Å². The zero-order valence-electron chi connectivity index (χ0n) is 17.4. The third kappa shape index (κ3) is 6.75. The van der Waals surface area contributed by atoms with E-state index < -0.39 is 0 Å². The average Bonchev–Trinajstić information content (AvgIpc) is 2.74. The largest absolute Gasteiger partial charge is 0.497 e. The van der Waals surface area contributed by atoms with Crippen molar-refractivity contribution in [2.75, 3.05) is 7.11 Å². The number of allylic oxidation sites excluding steroid dienone is 1. The standard InChI is InChI=1S/C20H19NO2.2C2H6/c1-4-5-19(16-7-9-17(23-3)10-8-16)20(22)18-11-6-15(13-21)12-14(18)2;2*1-2/h4,6-12,19H,1,5H2,2-3H3;2*1-2H3. The highest BCUT2D eigenvalue weighted by Crippen LogP contribution is 2.28. The Kier molecular flexibility index (Phi) is 11.9. The van der Waals surface area contributed by atoms with Crippen LogP contribution in [0.15, 0.2) is 55.1 Å². The van der Waals surface area contributed by atoms with Crippen molar-refractivity contribution in [3.63, 3.8) is 0 Å². The molecule has 2 aromatic carbocycles. The quantitative estimate of drug-likeness (QED) is 0.435. The monoisotopic (exact) mass is 365 g/mol. The average molecular weight is 366 g/mol. The lowest BCUT2D eigenvalue weighted by Crippen LogP contribution is -2.14. The van der Waals surface area contributed by atoms with E-state index in [1.54, 1.807) is 31.4 Å². The number of carbonyl (C=O) groups is 1. The summed E-state index contributed by atoms with van der Waals surface area (Å²) in [4.78, 5) is 12.9. The van der Waals surface area contributed by atoms with Gasteiger partial charge in [-0.1, -0.05) is 45.9 Å². The van der Waals surface area contributed by atoms with Crippen LogP contribution >= 0.6 is 0 Å². The van der Waals surface area contributed by atoms with E-state index in [9.17, 15) is 4.79 Å². The number of benzene rings is 2. The van der Waals surface area contributed by atoms with E-state index in [1.165, 1.54) is 0 Å². The van der Waals surface area contributed by atoms with Crippen molar-refractivity contribution in [2.24, 2.45) is 0 Å². The minimum atomic E-state index is -0.287. The molecule has 0 fully saturated rings. The number of hydrogen-bond donors (Lipinski definition) is 0. The second-order valence-electron chi connectivity index (χ2n) is 5.36. The molecule has 2 rings (SSSR count). The molecule has 0 bridgehead atoms. The molecule has 0 aliphatic carbocycles. The summed E-state index contributed by atoms with van der Waals surface area (Å²) >= 11 is 0. The summed E-state index contributed by atoms with van der Waals surface area (Å²) in [5.74, 6) is 0.509. The predicted molar refractivity (Wildman–Crippen MR) is 113 cm³/mol. The number of Topliss-reactive ketones (excluding diaryl/α,β-unsaturated/α-hetero) is 1. The van der Waals surface area contributed by atoms with Gasteiger partial charge in [-0.25, -0.2) is 0 Å². The van der Waals surface area contributed by atoms with Crippen molar-refractivity contribution < 1.29 is 9.53 Å². The summed E-state index contributed by atoms with van der Waals surface area (Å²) < 4.78 is 5.16. The molecular formula is C24H31NO2. The van der Waals surface area contributed by atoms with Gasteiger partial charge < -0.3 is 4.74 Å². The highest BCUT2D eigenvalue weighted by molar-refractivity contribution is 6.02. The van der Waals surface area contributed by atoms with Crippen LogP contribution in [0.5, 0.6) is 5.75 Å². The van der Waals surface area contributed by atoms with Gasteiger partial charge >= 0.3 is 0 Å². The van der Waals surface area contributed by atoms with Crippen molar-refractivity contribution in [3.8, 4) is 11.8 Å². The van der Waals surface area contributed by atoms with Crippen molar-refractivity contribution in [3.05, 3.63) is 77.4 Å². The van der Waals surface area contributed by atoms with Gasteiger partial charge in [0.05, 0.1) is 24.7 Å². The second-order valence-corrected chi connectivity index (χ2v) is 5.36. The van der Waals surface area contributed by atoms with Crippen LogP contribution in [0.4, 0.5) is 0 Å². The molecule has 0 amide bonds. The number of nitrogens with zero attached hydrogens (tertiary/aromatic N) is 1. The Balaban J connectivity index is 0.00000158. The molecule has 144 valence electrons. The van der Waals surface area contributed by atoms with Gasteiger partial charge in [0.1, 0.15) is 5.75 Å². The van der Waals surface area contributed by atoms with E-state index in [-0.39, 0.29) is 11.7 Å². The molecule has 0 heterocycles. The van der Waals surface area contributed by atoms with Gasteiger partial charge in [0.15, 0.2) is 5.78 Å². The number of aryl methyl sites for hydroxylation is 1. The SMILES string of the molecule is C=CCC(C(=O)c1ccc(C#N)cc1C)c1ccc(OC)cc1.CC.CC. The fraction of sp³-hybridized carbons (Fsp3) is 0.333. The Labute approximate surface area is 164 Å². The maximum absolute atomic E-state index is 12.9. The Morgan fingerprint density at radius 3 is 2.19 bits per heavy atom. The van der Waals surface area contributed by atoms with E-state index in [1.807, 2.05) is 58.9 Å². The summed E-state index contributed by atoms with van der Waals surface area (Å²) in [6.07, 6.45) is 2.32. The third-order valence-electron chi connectivity index (χ3n) is 3.86. The number of methoxy groups -OCH3 is 1. The minimum Gasteiger partial charge on any atom is -0.497 e. The van der Waals surface area contributed by atoms with Gasteiger partial charge in [-0.15, -0.1) is 6.58 Å². The van der Waals surface area contributed by atoms with Gasteiger partial charge in [-0.3, -0.25) is 4.79 Å². The lowest BCUT2D eigenvalue weighted by Gasteiger charge is -2.16. The molecule has 2 aromatic rings. The van der Waals surface area contributed by atoms with Crippen LogP contribution in [-0.4, -0.2) is 12.9 Å². The van der Waals surface area contributed by atoms with Crippen LogP contribution in [0.1, 0.15) is 67.1 Å². The van der Waals surface area contributed by atoms with E-state index in [4.69, 9.17) is 10.00 Å². The minimum absolute atomic E-state index is 0.0389. The molecule has 0 radical (unpaired) electrons. The van der Waals surface area contributed by atoms with Crippen LogP contribution in [0.25, 0.3) is 0 Å². The number of nitriles is 1. The highest BCUT2D eigenvalue weighted by atomic mass is 16.5. The lowest BCUT2D eigenvalue weighted by molar-refractivity contribution is 0.0959. The van der Waals surface area contributed by atoms with Crippen LogP contribution in [-0.2, 0) is 0 Å². The summed E-state index contributed by atoms with van der Waals surface area (Å²) in [5, 5.41) is 8.95. The Hall–Kier alpha value is -2.86. The number of hydrogen-bond acceptors (Lipinski definition) is 3. The van der Waals surface area contributed by atoms with E-state index >= 15 is 0 Å². The maximum atomic E-state index is 12.9. The lowest BCUT2D eigenvalue weighted by atomic mass is 9.86. The Morgan fingerprint density at radius 1 is 1.15 bits per heavy atom. The molecule has 1 unspecified atom stereocenters. The van der Waals surface area contributed by atoms with Crippen LogP contribution < -0.4 is 4.74 Å².